The number of allylic oxidation sites excluding steroid dienone is 2. The van der Waals surface area contributed by atoms with Crippen LogP contribution in [0.5, 0.6) is 0 Å². The minimum atomic E-state index is 0.646. The molecule has 0 N–H and O–H groups in total. The number of rotatable bonds is 9. The third-order valence-corrected chi connectivity index (χ3v) is 10.5. The van der Waals surface area contributed by atoms with Crippen molar-refractivity contribution in [1.29, 1.82) is 0 Å². The highest BCUT2D eigenvalue weighted by molar-refractivity contribution is 5.94. The van der Waals surface area contributed by atoms with E-state index in [1.54, 1.807) is 0 Å². The average Bonchev–Trinajstić information content (AvgIpc) is 3.40. The number of aryl methyl sites for hydroxylation is 1. The minimum absolute atomic E-state index is 0.646. The fraction of sp³-hybridized carbons (Fsp3) is 0.556. The highest BCUT2D eigenvalue weighted by Crippen LogP contribution is 2.35. The highest BCUT2D eigenvalue weighted by Gasteiger charge is 2.31. The molecule has 0 amide bonds. The number of benzene rings is 1. The van der Waals surface area contributed by atoms with Gasteiger partial charge in [-0.3, -0.25) is 0 Å². The molecule has 3 aromatic rings. The van der Waals surface area contributed by atoms with Crippen molar-refractivity contribution < 1.29 is 18.0 Å². The number of aromatic nitrogens is 2. The Hall–Kier alpha value is -2.96. The van der Waals surface area contributed by atoms with Gasteiger partial charge in [-0.2, -0.15) is 0 Å². The van der Waals surface area contributed by atoms with Crippen LogP contribution in [0, 0.1) is 11.8 Å². The van der Waals surface area contributed by atoms with Gasteiger partial charge in [0.2, 0.25) is 5.58 Å². The summed E-state index contributed by atoms with van der Waals surface area (Å²) in [6, 6.07) is 12.7. The predicted molar refractivity (Wildman–Crippen MR) is 173 cm³/mol. The van der Waals surface area contributed by atoms with E-state index in [0.717, 1.165) is 35.2 Å². The van der Waals surface area contributed by atoms with E-state index in [0.29, 0.717) is 5.89 Å². The molecule has 0 saturated carbocycles. The van der Waals surface area contributed by atoms with Crippen molar-refractivity contribution in [3.05, 3.63) is 66.3 Å². The number of nitrogens with zero attached hydrogens (tertiary/aromatic N) is 5. The van der Waals surface area contributed by atoms with E-state index < -0.39 is 0 Å². The van der Waals surface area contributed by atoms with E-state index in [4.69, 9.17) is 9.40 Å². The van der Waals surface area contributed by atoms with Crippen LogP contribution >= 0.6 is 0 Å². The monoisotopic (exact) mass is 570 g/mol. The molecule has 6 heteroatoms. The Labute approximate surface area is 253 Å². The van der Waals surface area contributed by atoms with Crippen molar-refractivity contribution >= 4 is 28.6 Å². The molecule has 2 aromatic heterocycles. The molecule has 0 radical (unpaired) electrons. The Morgan fingerprint density at radius 1 is 0.929 bits per heavy atom. The minimum Gasteiger partial charge on any atom is -0.411 e. The van der Waals surface area contributed by atoms with Crippen LogP contribution in [0.3, 0.4) is 0 Å². The number of oxazole rings is 1. The summed E-state index contributed by atoms with van der Waals surface area (Å²) in [7, 11) is 9.29. The first-order valence-corrected chi connectivity index (χ1v) is 16.4. The number of anilines is 1. The molecule has 2 saturated heterocycles. The molecule has 224 valence electrons. The van der Waals surface area contributed by atoms with E-state index in [9.17, 15) is 0 Å². The van der Waals surface area contributed by atoms with Crippen LogP contribution in [0.25, 0.3) is 22.9 Å². The molecule has 0 unspecified atom stereocenters. The standard InChI is InChI=1S/C36H52N5O/c1-38-20-8-14-34-36(38)37-35(42-34)28-31-15-22-39(33-13-6-5-12-32(31)33)21-9-23-41(4)26-18-30(19-27-41)11-7-10-29-16-24-40(2,3)25-17-29/h5-6,8,12-15,20,22,28-30H,7,9-11,16-19,21,23-27H2,1-4H3/q+3. The molecular formula is C36H52N5O+3. The van der Waals surface area contributed by atoms with E-state index in [-0.39, 0.29) is 0 Å². The van der Waals surface area contributed by atoms with E-state index >= 15 is 0 Å². The van der Waals surface area contributed by atoms with Crippen LogP contribution in [-0.2, 0) is 7.05 Å². The molecular weight excluding hydrogens is 518 g/mol. The van der Waals surface area contributed by atoms with E-state index in [2.05, 4.69) is 68.7 Å². The summed E-state index contributed by atoms with van der Waals surface area (Å²) in [6.45, 7) is 7.76. The average molecular weight is 571 g/mol. The fourth-order valence-electron chi connectivity index (χ4n) is 7.54. The molecule has 3 aliphatic rings. The molecule has 3 aliphatic heterocycles. The smallest absolute Gasteiger partial charge is 0.370 e. The second kappa shape index (κ2) is 12.3. The largest absolute Gasteiger partial charge is 0.411 e. The lowest BCUT2D eigenvalue weighted by Gasteiger charge is -2.41. The van der Waals surface area contributed by atoms with Crippen LogP contribution < -0.4 is 9.47 Å². The van der Waals surface area contributed by atoms with Gasteiger partial charge < -0.3 is 18.3 Å². The Morgan fingerprint density at radius 2 is 1.64 bits per heavy atom. The van der Waals surface area contributed by atoms with Gasteiger partial charge in [-0.15, -0.1) is 0 Å². The van der Waals surface area contributed by atoms with Crippen molar-refractivity contribution in [3.63, 3.8) is 0 Å². The first kappa shape index (κ1) is 29.1. The Kier molecular flexibility index (Phi) is 8.56. The summed E-state index contributed by atoms with van der Waals surface area (Å²) >= 11 is 0. The second-order valence-electron chi connectivity index (χ2n) is 14.3. The maximum atomic E-state index is 6.04. The molecule has 0 aliphatic carbocycles. The van der Waals surface area contributed by atoms with E-state index in [1.807, 2.05) is 29.9 Å². The zero-order chi connectivity index (χ0) is 29.2. The lowest BCUT2D eigenvalue weighted by molar-refractivity contribution is -0.915. The molecule has 5 heterocycles. The normalized spacial score (nSPS) is 25.3. The zero-order valence-electron chi connectivity index (χ0n) is 26.5. The van der Waals surface area contributed by atoms with Crippen molar-refractivity contribution in [2.24, 2.45) is 18.9 Å². The summed E-state index contributed by atoms with van der Waals surface area (Å²) in [5.74, 6) is 2.59. The number of quaternary nitrogens is 2. The molecule has 1 aromatic carbocycles. The van der Waals surface area contributed by atoms with Crippen molar-refractivity contribution in [2.45, 2.75) is 51.4 Å². The molecule has 2 fully saturated rings. The van der Waals surface area contributed by atoms with Crippen LogP contribution in [0.4, 0.5) is 5.69 Å². The van der Waals surface area contributed by atoms with Crippen LogP contribution in [0.1, 0.15) is 62.8 Å². The number of likely N-dealkylation sites (tertiary alicyclic amines) is 2. The van der Waals surface area contributed by atoms with Crippen LogP contribution in [0.2, 0.25) is 0 Å². The van der Waals surface area contributed by atoms with Crippen LogP contribution in [-0.4, -0.2) is 74.4 Å². The molecule has 6 rings (SSSR count). The van der Waals surface area contributed by atoms with Gasteiger partial charge in [0.25, 0.3) is 0 Å². The number of fused-ring (bicyclic) bond motifs is 2. The third kappa shape index (κ3) is 6.81. The molecule has 0 atom stereocenters. The van der Waals surface area contributed by atoms with Gasteiger partial charge >= 0.3 is 11.5 Å². The fourth-order valence-corrected chi connectivity index (χ4v) is 7.54. The maximum absolute atomic E-state index is 6.04. The summed E-state index contributed by atoms with van der Waals surface area (Å²) in [5.41, 5.74) is 5.33. The SMILES string of the molecule is C[n+]1cccc2oc(/C=C3\C=CN(CCC[N+]4(C)CCC(CCCC5CC[N+](C)(C)CC5)CC4)c4ccccc43)nc21. The topological polar surface area (TPSA) is 33.1 Å². The molecule has 42 heavy (non-hydrogen) atoms. The Morgan fingerprint density at radius 3 is 2.38 bits per heavy atom. The van der Waals surface area contributed by atoms with Gasteiger partial charge in [0, 0.05) is 41.5 Å². The number of hydrogen-bond acceptors (Lipinski definition) is 3. The van der Waals surface area contributed by atoms with Crippen molar-refractivity contribution in [3.8, 4) is 0 Å². The number of piperidine rings is 2. The third-order valence-electron chi connectivity index (χ3n) is 10.5. The number of para-hydroxylation sites is 1. The highest BCUT2D eigenvalue weighted by atomic mass is 16.3. The van der Waals surface area contributed by atoms with Gasteiger partial charge in [-0.1, -0.05) is 37.5 Å². The number of pyridine rings is 1. The van der Waals surface area contributed by atoms with Crippen molar-refractivity contribution in [1.82, 2.24) is 4.98 Å². The number of hydrogen-bond donors (Lipinski definition) is 0. The summed E-state index contributed by atoms with van der Waals surface area (Å²) in [4.78, 5) is 7.16. The Balaban J connectivity index is 0.986. The van der Waals surface area contributed by atoms with E-state index in [1.165, 1.54) is 104 Å². The van der Waals surface area contributed by atoms with Gasteiger partial charge in [0.15, 0.2) is 0 Å². The zero-order valence-corrected chi connectivity index (χ0v) is 26.5. The quantitative estimate of drug-likeness (QED) is 0.220. The summed E-state index contributed by atoms with van der Waals surface area (Å²) in [5, 5.41) is 0. The summed E-state index contributed by atoms with van der Waals surface area (Å²) < 4.78 is 10.5. The van der Waals surface area contributed by atoms with Gasteiger partial charge in [0.1, 0.15) is 0 Å². The second-order valence-corrected chi connectivity index (χ2v) is 14.3. The lowest BCUT2D eigenvalue weighted by atomic mass is 9.86. The molecule has 6 nitrogen and oxygen atoms in total. The van der Waals surface area contributed by atoms with Gasteiger partial charge in [0.05, 0.1) is 67.1 Å². The summed E-state index contributed by atoms with van der Waals surface area (Å²) in [6.07, 6.45) is 19.8. The van der Waals surface area contributed by atoms with Gasteiger partial charge in [-0.25, -0.2) is 4.57 Å². The van der Waals surface area contributed by atoms with Crippen molar-refractivity contribution in [2.75, 3.05) is 65.3 Å². The van der Waals surface area contributed by atoms with Crippen LogP contribution in [0.15, 0.2) is 59.3 Å². The first-order chi connectivity index (χ1) is 20.3. The lowest BCUT2D eigenvalue weighted by Crippen LogP contribution is -2.50. The first-order valence-electron chi connectivity index (χ1n) is 16.4. The predicted octanol–water partition coefficient (Wildman–Crippen LogP) is 6.43. The van der Waals surface area contributed by atoms with Gasteiger partial charge in [-0.05, 0) is 67.4 Å². The maximum Gasteiger partial charge on any atom is 0.370 e. The Bertz CT molecular complexity index is 1420. The molecule has 0 spiro atoms. The molecule has 0 bridgehead atoms.